The van der Waals surface area contributed by atoms with Crippen LogP contribution in [0.5, 0.6) is 5.75 Å². The van der Waals surface area contributed by atoms with Gasteiger partial charge in [0.05, 0.1) is 12.7 Å². The molecule has 0 saturated heterocycles. The fraction of sp³-hybridized carbons (Fsp3) is 0.385. The lowest BCUT2D eigenvalue weighted by atomic mass is 10.1. The fourth-order valence-electron chi connectivity index (χ4n) is 1.86. The summed E-state index contributed by atoms with van der Waals surface area (Å²) in [6.07, 6.45) is 1.42. The van der Waals surface area contributed by atoms with E-state index in [4.69, 9.17) is 10.00 Å². The van der Waals surface area contributed by atoms with Gasteiger partial charge in [-0.3, -0.25) is 4.79 Å². The first-order chi connectivity index (χ1) is 8.22. The van der Waals surface area contributed by atoms with Crippen LogP contribution in [0.3, 0.4) is 0 Å². The molecule has 0 radical (unpaired) electrons. The molecule has 88 valence electrons. The van der Waals surface area contributed by atoms with Gasteiger partial charge in [0.15, 0.2) is 0 Å². The molecule has 4 nitrogen and oxygen atoms in total. The molecule has 17 heavy (non-hydrogen) atoms. The first kappa shape index (κ1) is 11.5. The van der Waals surface area contributed by atoms with E-state index in [1.807, 2.05) is 24.3 Å². The number of carbonyl (C=O) groups is 1. The topological polar surface area (TPSA) is 53.3 Å². The van der Waals surface area contributed by atoms with Gasteiger partial charge in [-0.2, -0.15) is 5.26 Å². The molecule has 0 bridgehead atoms. The summed E-state index contributed by atoms with van der Waals surface area (Å²) in [7, 11) is 1.73. The predicted octanol–water partition coefficient (Wildman–Crippen LogP) is 1.89. The van der Waals surface area contributed by atoms with E-state index in [-0.39, 0.29) is 18.7 Å². The number of nitrogens with zero attached hydrogens (tertiary/aromatic N) is 2. The Bertz CT molecular complexity index is 477. The predicted molar refractivity (Wildman–Crippen MR) is 63.9 cm³/mol. The van der Waals surface area contributed by atoms with Gasteiger partial charge < -0.3 is 9.64 Å². The minimum atomic E-state index is -0.0367. The van der Waals surface area contributed by atoms with Gasteiger partial charge in [-0.05, 0) is 23.8 Å². The molecule has 1 aliphatic heterocycles. The van der Waals surface area contributed by atoms with Crippen molar-refractivity contribution >= 4 is 11.6 Å². The van der Waals surface area contributed by atoms with E-state index in [2.05, 4.69) is 0 Å². The fourth-order valence-corrected chi connectivity index (χ4v) is 1.86. The second-order valence-corrected chi connectivity index (χ2v) is 4.00. The van der Waals surface area contributed by atoms with Crippen molar-refractivity contribution in [2.45, 2.75) is 19.3 Å². The summed E-state index contributed by atoms with van der Waals surface area (Å²) in [6.45, 7) is 0.713. The van der Waals surface area contributed by atoms with Gasteiger partial charge in [-0.1, -0.05) is 0 Å². The number of ether oxygens (including phenoxy) is 1. The van der Waals surface area contributed by atoms with Crippen LogP contribution in [0.25, 0.3) is 0 Å². The number of carbonyl (C=O) groups excluding carboxylic acids is 1. The van der Waals surface area contributed by atoms with Crippen molar-refractivity contribution in [3.05, 3.63) is 23.8 Å². The Labute approximate surface area is 100 Å². The standard InChI is InChI=1S/C13H14N2O2/c1-15(13(16)3-2-7-14)11-4-5-12-10(9-11)6-8-17-12/h4-5,9H,2-3,6,8H2,1H3. The second kappa shape index (κ2) is 4.88. The zero-order valence-corrected chi connectivity index (χ0v) is 9.77. The SMILES string of the molecule is CN(C(=O)CCC#N)c1ccc2c(c1)CCO2. The van der Waals surface area contributed by atoms with E-state index >= 15 is 0 Å². The maximum absolute atomic E-state index is 11.7. The van der Waals surface area contributed by atoms with Crippen LogP contribution in [0.4, 0.5) is 5.69 Å². The molecule has 1 aromatic rings. The molecule has 0 aromatic heterocycles. The van der Waals surface area contributed by atoms with Gasteiger partial charge in [0.2, 0.25) is 5.91 Å². The number of nitriles is 1. The van der Waals surface area contributed by atoms with E-state index < -0.39 is 0 Å². The van der Waals surface area contributed by atoms with Crippen LogP contribution in [0.2, 0.25) is 0 Å². The van der Waals surface area contributed by atoms with Crippen molar-refractivity contribution in [2.24, 2.45) is 0 Å². The lowest BCUT2D eigenvalue weighted by Gasteiger charge is -2.17. The maximum Gasteiger partial charge on any atom is 0.227 e. The second-order valence-electron chi connectivity index (χ2n) is 4.00. The third-order valence-corrected chi connectivity index (χ3v) is 2.89. The van der Waals surface area contributed by atoms with E-state index in [1.54, 1.807) is 11.9 Å². The number of hydrogen-bond donors (Lipinski definition) is 0. The Hall–Kier alpha value is -2.02. The first-order valence-electron chi connectivity index (χ1n) is 5.61. The molecule has 4 heteroatoms. The molecule has 2 rings (SSSR count). The Balaban J connectivity index is 2.12. The highest BCUT2D eigenvalue weighted by Crippen LogP contribution is 2.29. The molecule has 0 N–H and O–H groups in total. The van der Waals surface area contributed by atoms with Gasteiger partial charge in [0.25, 0.3) is 0 Å². The van der Waals surface area contributed by atoms with Crippen LogP contribution >= 0.6 is 0 Å². The largest absolute Gasteiger partial charge is 0.493 e. The van der Waals surface area contributed by atoms with Crippen molar-refractivity contribution in [3.8, 4) is 11.8 Å². The monoisotopic (exact) mass is 230 g/mol. The van der Waals surface area contributed by atoms with Gasteiger partial charge in [0, 0.05) is 32.0 Å². The smallest absolute Gasteiger partial charge is 0.227 e. The average molecular weight is 230 g/mol. The van der Waals surface area contributed by atoms with Gasteiger partial charge in [-0.15, -0.1) is 0 Å². The van der Waals surface area contributed by atoms with E-state index in [0.717, 1.165) is 23.4 Å². The normalized spacial score (nSPS) is 12.5. The molecule has 0 atom stereocenters. The Morgan fingerprint density at radius 2 is 2.41 bits per heavy atom. The van der Waals surface area contributed by atoms with Crippen LogP contribution in [0.1, 0.15) is 18.4 Å². The van der Waals surface area contributed by atoms with Crippen LogP contribution in [-0.2, 0) is 11.2 Å². The maximum atomic E-state index is 11.7. The van der Waals surface area contributed by atoms with Crippen LogP contribution in [0, 0.1) is 11.3 Å². The van der Waals surface area contributed by atoms with Crippen molar-refractivity contribution in [3.63, 3.8) is 0 Å². The summed E-state index contributed by atoms with van der Waals surface area (Å²) in [6, 6.07) is 7.72. The lowest BCUT2D eigenvalue weighted by molar-refractivity contribution is -0.118. The highest BCUT2D eigenvalue weighted by Gasteiger charge is 2.16. The number of hydrogen-bond acceptors (Lipinski definition) is 3. The molecular formula is C13H14N2O2. The summed E-state index contributed by atoms with van der Waals surface area (Å²) in [5.41, 5.74) is 2.00. The zero-order valence-electron chi connectivity index (χ0n) is 9.77. The third kappa shape index (κ3) is 2.39. The van der Waals surface area contributed by atoms with Crippen LogP contribution < -0.4 is 9.64 Å². The van der Waals surface area contributed by atoms with Gasteiger partial charge in [0.1, 0.15) is 5.75 Å². The molecule has 0 fully saturated rings. The van der Waals surface area contributed by atoms with Crippen molar-refractivity contribution in [1.82, 2.24) is 0 Å². The summed E-state index contributed by atoms with van der Waals surface area (Å²) in [5.74, 6) is 0.872. The molecule has 1 heterocycles. The molecule has 0 saturated carbocycles. The molecule has 0 unspecified atom stereocenters. The molecule has 1 aromatic carbocycles. The van der Waals surface area contributed by atoms with E-state index in [9.17, 15) is 4.79 Å². The average Bonchev–Trinajstić information content (AvgIpc) is 2.81. The van der Waals surface area contributed by atoms with Crippen molar-refractivity contribution < 1.29 is 9.53 Å². The molecule has 1 aliphatic rings. The lowest BCUT2D eigenvalue weighted by Crippen LogP contribution is -2.25. The van der Waals surface area contributed by atoms with Crippen LogP contribution in [-0.4, -0.2) is 19.6 Å². The summed E-state index contributed by atoms with van der Waals surface area (Å²) in [5, 5.41) is 8.46. The van der Waals surface area contributed by atoms with Gasteiger partial charge in [-0.25, -0.2) is 0 Å². The zero-order chi connectivity index (χ0) is 12.3. The quantitative estimate of drug-likeness (QED) is 0.796. The molecule has 0 spiro atoms. The van der Waals surface area contributed by atoms with E-state index in [1.165, 1.54) is 0 Å². The number of anilines is 1. The summed E-state index contributed by atoms with van der Waals surface area (Å²) in [4.78, 5) is 13.3. The summed E-state index contributed by atoms with van der Waals surface area (Å²) >= 11 is 0. The highest BCUT2D eigenvalue weighted by molar-refractivity contribution is 5.93. The minimum absolute atomic E-state index is 0.0367. The Kier molecular flexibility index (Phi) is 3.29. The van der Waals surface area contributed by atoms with Crippen molar-refractivity contribution in [1.29, 1.82) is 5.26 Å². The number of rotatable bonds is 3. The molecule has 0 aliphatic carbocycles. The molecule has 1 amide bonds. The Morgan fingerprint density at radius 3 is 3.18 bits per heavy atom. The number of benzene rings is 1. The van der Waals surface area contributed by atoms with Crippen LogP contribution in [0.15, 0.2) is 18.2 Å². The third-order valence-electron chi connectivity index (χ3n) is 2.89. The van der Waals surface area contributed by atoms with Gasteiger partial charge >= 0.3 is 0 Å². The first-order valence-corrected chi connectivity index (χ1v) is 5.61. The number of amides is 1. The minimum Gasteiger partial charge on any atom is -0.493 e. The van der Waals surface area contributed by atoms with E-state index in [0.29, 0.717) is 6.61 Å². The van der Waals surface area contributed by atoms with Crippen molar-refractivity contribution in [2.75, 3.05) is 18.6 Å². The summed E-state index contributed by atoms with van der Waals surface area (Å²) < 4.78 is 5.41. The highest BCUT2D eigenvalue weighted by atomic mass is 16.5. The Morgan fingerprint density at radius 1 is 1.59 bits per heavy atom. The number of fused-ring (bicyclic) bond motifs is 1. The molecular weight excluding hydrogens is 216 g/mol.